The van der Waals surface area contributed by atoms with E-state index >= 15 is 0 Å². The zero-order chi connectivity index (χ0) is 19.9. The van der Waals surface area contributed by atoms with E-state index in [9.17, 15) is 9.59 Å². The second-order valence-electron chi connectivity index (χ2n) is 6.02. The van der Waals surface area contributed by atoms with Gasteiger partial charge in [0.05, 0.1) is 19.3 Å². The summed E-state index contributed by atoms with van der Waals surface area (Å²) in [6.07, 6.45) is 0. The Hall–Kier alpha value is -3.06. The van der Waals surface area contributed by atoms with E-state index in [-0.39, 0.29) is 12.4 Å². The highest BCUT2D eigenvalue weighted by Crippen LogP contribution is 2.31. The second kappa shape index (κ2) is 9.23. The van der Waals surface area contributed by atoms with Gasteiger partial charge in [0.25, 0.3) is 0 Å². The van der Waals surface area contributed by atoms with E-state index in [1.807, 2.05) is 6.92 Å². The molecule has 2 aromatic rings. The highest BCUT2D eigenvalue weighted by molar-refractivity contribution is 5.99. The standard InChI is InChI=1S/C21H22O7/c1-3-25-12-16-10-15(5-6-18(16)24-2)21(23)28-13-17(22)14-4-7-19-20(11-14)27-9-8-26-19/h4-7,10-11H,3,8-9,12-13H2,1-2H3. The monoisotopic (exact) mass is 386 g/mol. The van der Waals surface area contributed by atoms with Crippen LogP contribution in [0.2, 0.25) is 0 Å². The number of benzene rings is 2. The van der Waals surface area contributed by atoms with Gasteiger partial charge in [0.15, 0.2) is 23.9 Å². The minimum atomic E-state index is -0.591. The van der Waals surface area contributed by atoms with Crippen molar-refractivity contribution in [3.05, 3.63) is 53.1 Å². The largest absolute Gasteiger partial charge is 0.496 e. The molecule has 0 unspecified atom stereocenters. The highest BCUT2D eigenvalue weighted by atomic mass is 16.6. The van der Waals surface area contributed by atoms with Crippen molar-refractivity contribution in [3.63, 3.8) is 0 Å². The van der Waals surface area contributed by atoms with Gasteiger partial charge in [-0.15, -0.1) is 0 Å². The Morgan fingerprint density at radius 3 is 2.50 bits per heavy atom. The molecule has 0 radical (unpaired) electrons. The highest BCUT2D eigenvalue weighted by Gasteiger charge is 2.17. The van der Waals surface area contributed by atoms with Crippen LogP contribution in [0.15, 0.2) is 36.4 Å². The molecule has 148 valence electrons. The Kier molecular flexibility index (Phi) is 6.49. The quantitative estimate of drug-likeness (QED) is 0.509. The number of ketones is 1. The molecule has 0 fully saturated rings. The normalized spacial score (nSPS) is 12.4. The molecule has 0 saturated heterocycles. The Labute approximate surface area is 163 Å². The molecule has 0 N–H and O–H groups in total. The fraction of sp³-hybridized carbons (Fsp3) is 0.333. The van der Waals surface area contributed by atoms with Crippen LogP contribution in [-0.2, 0) is 16.1 Å². The topological polar surface area (TPSA) is 80.3 Å². The van der Waals surface area contributed by atoms with E-state index < -0.39 is 5.97 Å². The maximum Gasteiger partial charge on any atom is 0.338 e. The molecular weight excluding hydrogens is 364 g/mol. The second-order valence-corrected chi connectivity index (χ2v) is 6.02. The number of esters is 1. The molecule has 7 nitrogen and oxygen atoms in total. The first kappa shape index (κ1) is 19.7. The van der Waals surface area contributed by atoms with Crippen LogP contribution in [0.4, 0.5) is 0 Å². The lowest BCUT2D eigenvalue weighted by atomic mass is 10.1. The third-order valence-corrected chi connectivity index (χ3v) is 4.18. The predicted molar refractivity (Wildman–Crippen MR) is 100 cm³/mol. The number of carbonyl (C=O) groups excluding carboxylic acids is 2. The minimum Gasteiger partial charge on any atom is -0.496 e. The summed E-state index contributed by atoms with van der Waals surface area (Å²) in [5, 5.41) is 0. The Morgan fingerprint density at radius 1 is 1.00 bits per heavy atom. The smallest absolute Gasteiger partial charge is 0.338 e. The van der Waals surface area contributed by atoms with Gasteiger partial charge in [-0.2, -0.15) is 0 Å². The molecular formula is C21H22O7. The van der Waals surface area contributed by atoms with Crippen LogP contribution in [-0.4, -0.2) is 45.3 Å². The fourth-order valence-corrected chi connectivity index (χ4v) is 2.74. The number of Topliss-reactive ketones (excluding diaryl/α,β-unsaturated/α-hetero) is 1. The number of hydrogen-bond donors (Lipinski definition) is 0. The first-order valence-corrected chi connectivity index (χ1v) is 8.97. The van der Waals surface area contributed by atoms with Gasteiger partial charge in [-0.05, 0) is 43.3 Å². The van der Waals surface area contributed by atoms with Crippen LogP contribution in [0.3, 0.4) is 0 Å². The molecule has 0 aliphatic carbocycles. The number of hydrogen-bond acceptors (Lipinski definition) is 7. The number of methoxy groups -OCH3 is 1. The van der Waals surface area contributed by atoms with E-state index in [4.69, 9.17) is 23.7 Å². The van der Waals surface area contributed by atoms with Gasteiger partial charge >= 0.3 is 5.97 Å². The average molecular weight is 386 g/mol. The molecule has 1 aliphatic rings. The van der Waals surface area contributed by atoms with Crippen molar-refractivity contribution in [2.45, 2.75) is 13.5 Å². The van der Waals surface area contributed by atoms with Crippen LogP contribution in [0.5, 0.6) is 17.2 Å². The number of rotatable bonds is 8. The molecule has 0 amide bonds. The molecule has 0 spiro atoms. The van der Waals surface area contributed by atoms with Crippen LogP contribution in [0.25, 0.3) is 0 Å². The van der Waals surface area contributed by atoms with Gasteiger partial charge in [0, 0.05) is 17.7 Å². The molecule has 7 heteroatoms. The number of carbonyl (C=O) groups is 2. The lowest BCUT2D eigenvalue weighted by molar-refractivity contribution is 0.0474. The van der Waals surface area contributed by atoms with Crippen LogP contribution in [0, 0.1) is 0 Å². The van der Waals surface area contributed by atoms with E-state index in [1.54, 1.807) is 43.5 Å². The van der Waals surface area contributed by atoms with Crippen molar-refractivity contribution < 1.29 is 33.3 Å². The van der Waals surface area contributed by atoms with Crippen molar-refractivity contribution >= 4 is 11.8 Å². The van der Waals surface area contributed by atoms with E-state index in [0.29, 0.717) is 54.8 Å². The first-order chi connectivity index (χ1) is 13.6. The molecule has 28 heavy (non-hydrogen) atoms. The lowest BCUT2D eigenvalue weighted by Crippen LogP contribution is -2.17. The Bertz CT molecular complexity index is 860. The number of fused-ring (bicyclic) bond motifs is 1. The van der Waals surface area contributed by atoms with Crippen molar-refractivity contribution in [1.82, 2.24) is 0 Å². The van der Waals surface area contributed by atoms with Crippen LogP contribution < -0.4 is 14.2 Å². The first-order valence-electron chi connectivity index (χ1n) is 8.97. The lowest BCUT2D eigenvalue weighted by Gasteiger charge is -2.18. The summed E-state index contributed by atoms with van der Waals surface area (Å²) in [5.41, 5.74) is 1.45. The molecule has 0 atom stereocenters. The van der Waals surface area contributed by atoms with E-state index in [1.165, 1.54) is 0 Å². The average Bonchev–Trinajstić information content (AvgIpc) is 2.75. The minimum absolute atomic E-state index is 0.316. The summed E-state index contributed by atoms with van der Waals surface area (Å²) in [4.78, 5) is 24.7. The van der Waals surface area contributed by atoms with Gasteiger partial charge in [-0.25, -0.2) is 4.79 Å². The summed E-state index contributed by atoms with van der Waals surface area (Å²) < 4.78 is 26.7. The predicted octanol–water partition coefficient (Wildman–Crippen LogP) is 3.04. The summed E-state index contributed by atoms with van der Waals surface area (Å²) in [6, 6.07) is 9.80. The molecule has 0 aromatic heterocycles. The third kappa shape index (κ3) is 4.61. The van der Waals surface area contributed by atoms with Crippen molar-refractivity contribution in [2.75, 3.05) is 33.5 Å². The molecule has 2 aromatic carbocycles. The zero-order valence-corrected chi connectivity index (χ0v) is 15.9. The van der Waals surface area contributed by atoms with Crippen molar-refractivity contribution in [2.24, 2.45) is 0 Å². The van der Waals surface area contributed by atoms with Crippen LogP contribution in [0.1, 0.15) is 33.2 Å². The molecule has 3 rings (SSSR count). The van der Waals surface area contributed by atoms with Gasteiger partial charge in [-0.1, -0.05) is 0 Å². The van der Waals surface area contributed by atoms with Gasteiger partial charge in [0.1, 0.15) is 19.0 Å². The SMILES string of the molecule is CCOCc1cc(C(=O)OCC(=O)c2ccc3c(c2)OCCO3)ccc1OC. The fourth-order valence-electron chi connectivity index (χ4n) is 2.74. The van der Waals surface area contributed by atoms with Gasteiger partial charge in [0.2, 0.25) is 0 Å². The molecule has 0 bridgehead atoms. The summed E-state index contributed by atoms with van der Waals surface area (Å²) in [6.45, 7) is 3.28. The molecule has 1 heterocycles. The van der Waals surface area contributed by atoms with E-state index in [2.05, 4.69) is 0 Å². The van der Waals surface area contributed by atoms with Crippen LogP contribution >= 0.6 is 0 Å². The van der Waals surface area contributed by atoms with Gasteiger partial charge < -0.3 is 23.7 Å². The summed E-state index contributed by atoms with van der Waals surface area (Å²) >= 11 is 0. The summed E-state index contributed by atoms with van der Waals surface area (Å²) in [5.74, 6) is 0.816. The maximum atomic E-state index is 12.4. The summed E-state index contributed by atoms with van der Waals surface area (Å²) in [7, 11) is 1.55. The Balaban J connectivity index is 1.64. The zero-order valence-electron chi connectivity index (χ0n) is 15.9. The van der Waals surface area contributed by atoms with E-state index in [0.717, 1.165) is 5.56 Å². The van der Waals surface area contributed by atoms with Crippen molar-refractivity contribution in [1.29, 1.82) is 0 Å². The van der Waals surface area contributed by atoms with Gasteiger partial charge in [-0.3, -0.25) is 4.79 Å². The molecule has 1 aliphatic heterocycles. The van der Waals surface area contributed by atoms with Crippen molar-refractivity contribution in [3.8, 4) is 17.2 Å². The third-order valence-electron chi connectivity index (χ3n) is 4.18. The number of ether oxygens (including phenoxy) is 5. The maximum absolute atomic E-state index is 12.4. The Morgan fingerprint density at radius 2 is 1.75 bits per heavy atom. The molecule has 0 saturated carbocycles.